The molecule has 1 amide bonds. The van der Waals surface area contributed by atoms with E-state index in [1.165, 1.54) is 6.07 Å². The number of ether oxygens (including phenoxy) is 3. The molecule has 0 saturated heterocycles. The van der Waals surface area contributed by atoms with Crippen molar-refractivity contribution < 1.29 is 23.8 Å². The second-order valence-electron chi connectivity index (χ2n) is 5.66. The largest absolute Gasteiger partial charge is 0.490 e. The molecule has 6 nitrogen and oxygen atoms in total. The molecule has 0 aromatic heterocycles. The summed E-state index contributed by atoms with van der Waals surface area (Å²) in [5, 5.41) is 3.32. The summed E-state index contributed by atoms with van der Waals surface area (Å²) in [4.78, 5) is 23.6. The molecule has 28 heavy (non-hydrogen) atoms. The molecule has 0 spiro atoms. The Hall–Kier alpha value is -2.44. The van der Waals surface area contributed by atoms with Crippen LogP contribution in [0.2, 0.25) is 10.0 Å². The zero-order valence-electron chi connectivity index (χ0n) is 15.4. The lowest BCUT2D eigenvalue weighted by molar-refractivity contribution is -0.147. The summed E-state index contributed by atoms with van der Waals surface area (Å²) in [7, 11) is 0. The maximum atomic E-state index is 11.8. The zero-order chi connectivity index (χ0) is 20.4. The maximum absolute atomic E-state index is 11.8. The number of rotatable bonds is 10. The van der Waals surface area contributed by atoms with Crippen LogP contribution in [0.5, 0.6) is 11.5 Å². The zero-order valence-corrected chi connectivity index (χ0v) is 16.9. The van der Waals surface area contributed by atoms with E-state index >= 15 is 0 Å². The number of hydrogen-bond acceptors (Lipinski definition) is 5. The Bertz CT molecular complexity index is 813. The van der Waals surface area contributed by atoms with Crippen molar-refractivity contribution in [1.29, 1.82) is 0 Å². The minimum absolute atomic E-state index is 0.131. The molecule has 0 radical (unpaired) electrons. The van der Waals surface area contributed by atoms with Crippen LogP contribution in [-0.2, 0) is 14.3 Å². The van der Waals surface area contributed by atoms with Crippen LogP contribution in [0.3, 0.4) is 0 Å². The third-order valence-electron chi connectivity index (χ3n) is 3.50. The van der Waals surface area contributed by atoms with E-state index < -0.39 is 18.5 Å². The average Bonchev–Trinajstić information content (AvgIpc) is 2.67. The maximum Gasteiger partial charge on any atom is 0.306 e. The van der Waals surface area contributed by atoms with Crippen LogP contribution in [0.15, 0.2) is 42.5 Å². The number of anilines is 1. The Balaban J connectivity index is 1.66. The molecule has 150 valence electrons. The van der Waals surface area contributed by atoms with Gasteiger partial charge in [-0.05, 0) is 43.7 Å². The van der Waals surface area contributed by atoms with E-state index in [0.29, 0.717) is 46.9 Å². The molecule has 0 aliphatic carbocycles. The summed E-state index contributed by atoms with van der Waals surface area (Å²) in [5.74, 6) is 0.306. The predicted octanol–water partition coefficient (Wildman–Crippen LogP) is 4.73. The summed E-state index contributed by atoms with van der Waals surface area (Å²) in [5.41, 5.74) is 0.397. The van der Waals surface area contributed by atoms with Gasteiger partial charge in [0.2, 0.25) is 0 Å². The Morgan fingerprint density at radius 3 is 2.43 bits per heavy atom. The van der Waals surface area contributed by atoms with Gasteiger partial charge in [-0.25, -0.2) is 0 Å². The topological polar surface area (TPSA) is 73.9 Å². The molecule has 0 saturated carbocycles. The fraction of sp³-hybridized carbons (Fsp3) is 0.300. The van der Waals surface area contributed by atoms with E-state index in [-0.39, 0.29) is 6.42 Å². The van der Waals surface area contributed by atoms with Gasteiger partial charge in [0.15, 0.2) is 18.1 Å². The van der Waals surface area contributed by atoms with Crippen molar-refractivity contribution in [3.05, 3.63) is 52.5 Å². The molecule has 2 aromatic rings. The molecule has 2 aromatic carbocycles. The first-order chi connectivity index (χ1) is 13.5. The SMILES string of the molecule is CCOc1ccccc1OCCCC(=O)OCC(=O)Nc1ccc(Cl)cc1Cl. The van der Waals surface area contributed by atoms with Crippen LogP contribution in [0.25, 0.3) is 0 Å². The van der Waals surface area contributed by atoms with Crippen molar-refractivity contribution in [3.63, 3.8) is 0 Å². The van der Waals surface area contributed by atoms with Gasteiger partial charge in [0.1, 0.15) is 0 Å². The molecule has 0 unspecified atom stereocenters. The second-order valence-corrected chi connectivity index (χ2v) is 6.51. The molecular formula is C20H21Cl2NO5. The molecular weight excluding hydrogens is 405 g/mol. The van der Waals surface area contributed by atoms with Crippen LogP contribution in [0.4, 0.5) is 5.69 Å². The Morgan fingerprint density at radius 2 is 1.75 bits per heavy atom. The highest BCUT2D eigenvalue weighted by molar-refractivity contribution is 6.36. The lowest BCUT2D eigenvalue weighted by Gasteiger charge is -2.11. The molecule has 0 atom stereocenters. The first kappa shape index (κ1) is 21.9. The van der Waals surface area contributed by atoms with E-state index in [2.05, 4.69) is 5.32 Å². The minimum Gasteiger partial charge on any atom is -0.490 e. The first-order valence-corrected chi connectivity index (χ1v) is 9.50. The summed E-state index contributed by atoms with van der Waals surface area (Å²) >= 11 is 11.8. The summed E-state index contributed by atoms with van der Waals surface area (Å²) < 4.78 is 16.0. The van der Waals surface area contributed by atoms with Gasteiger partial charge in [-0.1, -0.05) is 35.3 Å². The van der Waals surface area contributed by atoms with E-state index in [1.807, 2.05) is 25.1 Å². The van der Waals surface area contributed by atoms with Crippen molar-refractivity contribution >= 4 is 40.8 Å². The van der Waals surface area contributed by atoms with Crippen molar-refractivity contribution in [3.8, 4) is 11.5 Å². The number of carbonyl (C=O) groups excluding carboxylic acids is 2. The van der Waals surface area contributed by atoms with E-state index in [4.69, 9.17) is 37.4 Å². The van der Waals surface area contributed by atoms with E-state index in [9.17, 15) is 9.59 Å². The van der Waals surface area contributed by atoms with Crippen LogP contribution in [0.1, 0.15) is 19.8 Å². The fourth-order valence-electron chi connectivity index (χ4n) is 2.24. The Kier molecular flexibility index (Phi) is 8.91. The Labute approximate surface area is 173 Å². The van der Waals surface area contributed by atoms with E-state index in [0.717, 1.165) is 0 Å². The predicted molar refractivity (Wildman–Crippen MR) is 108 cm³/mol. The van der Waals surface area contributed by atoms with Crippen molar-refractivity contribution in [2.24, 2.45) is 0 Å². The number of esters is 1. The van der Waals surface area contributed by atoms with Gasteiger partial charge in [0, 0.05) is 11.4 Å². The molecule has 0 heterocycles. The number of benzene rings is 2. The second kappa shape index (κ2) is 11.4. The normalized spacial score (nSPS) is 10.2. The number of nitrogens with one attached hydrogen (secondary N) is 1. The molecule has 0 aliphatic heterocycles. The van der Waals surface area contributed by atoms with Crippen LogP contribution < -0.4 is 14.8 Å². The molecule has 8 heteroatoms. The average molecular weight is 426 g/mol. The minimum atomic E-state index is -0.487. The standard InChI is InChI=1S/C20H21Cl2NO5/c1-2-26-17-6-3-4-7-18(17)27-11-5-8-20(25)28-13-19(24)23-16-10-9-14(21)12-15(16)22/h3-4,6-7,9-10,12H,2,5,8,11,13H2,1H3,(H,23,24). The van der Waals surface area contributed by atoms with Crippen molar-refractivity contribution in [2.75, 3.05) is 25.1 Å². The van der Waals surface area contributed by atoms with Gasteiger partial charge in [-0.2, -0.15) is 0 Å². The highest BCUT2D eigenvalue weighted by atomic mass is 35.5. The lowest BCUT2D eigenvalue weighted by atomic mass is 10.3. The van der Waals surface area contributed by atoms with Gasteiger partial charge in [-0.15, -0.1) is 0 Å². The van der Waals surface area contributed by atoms with Gasteiger partial charge < -0.3 is 19.5 Å². The van der Waals surface area contributed by atoms with Gasteiger partial charge in [0.05, 0.1) is 23.9 Å². The Morgan fingerprint density at radius 1 is 1.04 bits per heavy atom. The van der Waals surface area contributed by atoms with Crippen molar-refractivity contribution in [2.45, 2.75) is 19.8 Å². The third kappa shape index (κ3) is 7.29. The number of hydrogen-bond donors (Lipinski definition) is 1. The molecule has 0 bridgehead atoms. The lowest BCUT2D eigenvalue weighted by Crippen LogP contribution is -2.21. The molecule has 0 aliphatic rings. The summed E-state index contributed by atoms with van der Waals surface area (Å²) in [6.07, 6.45) is 0.579. The summed E-state index contributed by atoms with van der Waals surface area (Å²) in [6.45, 7) is 2.36. The number of amides is 1. The highest BCUT2D eigenvalue weighted by Crippen LogP contribution is 2.26. The van der Waals surface area contributed by atoms with Gasteiger partial charge >= 0.3 is 5.97 Å². The summed E-state index contributed by atoms with van der Waals surface area (Å²) in [6, 6.07) is 12.0. The molecule has 0 fully saturated rings. The van der Waals surface area contributed by atoms with E-state index in [1.54, 1.807) is 18.2 Å². The van der Waals surface area contributed by atoms with Crippen LogP contribution in [-0.4, -0.2) is 31.7 Å². The highest BCUT2D eigenvalue weighted by Gasteiger charge is 2.10. The number of halogens is 2. The third-order valence-corrected chi connectivity index (χ3v) is 4.05. The smallest absolute Gasteiger partial charge is 0.306 e. The molecule has 1 N–H and O–H groups in total. The number of para-hydroxylation sites is 2. The quantitative estimate of drug-likeness (QED) is 0.439. The first-order valence-electron chi connectivity index (χ1n) is 8.74. The van der Waals surface area contributed by atoms with Gasteiger partial charge in [0.25, 0.3) is 5.91 Å². The monoisotopic (exact) mass is 425 g/mol. The number of carbonyl (C=O) groups is 2. The van der Waals surface area contributed by atoms with Crippen LogP contribution in [0, 0.1) is 0 Å². The van der Waals surface area contributed by atoms with Crippen LogP contribution >= 0.6 is 23.2 Å². The fourth-order valence-corrected chi connectivity index (χ4v) is 2.69. The molecule has 2 rings (SSSR count). The van der Waals surface area contributed by atoms with Gasteiger partial charge in [-0.3, -0.25) is 9.59 Å². The van der Waals surface area contributed by atoms with Crippen molar-refractivity contribution in [1.82, 2.24) is 0 Å².